The van der Waals surface area contributed by atoms with Crippen molar-refractivity contribution in [3.8, 4) is 5.75 Å². The Morgan fingerprint density at radius 1 is 1.17 bits per heavy atom. The lowest BCUT2D eigenvalue weighted by Crippen LogP contribution is -2.47. The third-order valence-corrected chi connectivity index (χ3v) is 5.43. The number of hydrogen-bond acceptors (Lipinski definition) is 5. The standard InChI is InChI=1S/C23H41N5O2/c1-19-7-8-21(22(15-19)30-14-6-13-29-5)17-26-23(24-3)25-16-20(2)18-28-11-9-27(4)10-12-28/h7-8,15,20H,6,9-14,16-18H2,1-5H3,(H2,24,25,26). The minimum Gasteiger partial charge on any atom is -0.493 e. The Bertz CT molecular complexity index is 644. The Labute approximate surface area is 182 Å². The molecule has 1 fully saturated rings. The summed E-state index contributed by atoms with van der Waals surface area (Å²) >= 11 is 0. The molecule has 0 saturated carbocycles. The van der Waals surface area contributed by atoms with E-state index in [1.54, 1.807) is 7.11 Å². The summed E-state index contributed by atoms with van der Waals surface area (Å²) in [5, 5.41) is 6.90. The molecule has 7 nitrogen and oxygen atoms in total. The van der Waals surface area contributed by atoms with Crippen molar-refractivity contribution in [3.63, 3.8) is 0 Å². The predicted octanol–water partition coefficient (Wildman–Crippen LogP) is 1.96. The molecule has 0 amide bonds. The first-order valence-electron chi connectivity index (χ1n) is 11.1. The van der Waals surface area contributed by atoms with Crippen LogP contribution in [0.25, 0.3) is 0 Å². The largest absolute Gasteiger partial charge is 0.493 e. The Balaban J connectivity index is 1.78. The maximum Gasteiger partial charge on any atom is 0.191 e. The molecular weight excluding hydrogens is 378 g/mol. The smallest absolute Gasteiger partial charge is 0.191 e. The minimum atomic E-state index is 0.561. The van der Waals surface area contributed by atoms with E-state index in [1.165, 1.54) is 5.56 Å². The van der Waals surface area contributed by atoms with Crippen LogP contribution >= 0.6 is 0 Å². The Kier molecular flexibility index (Phi) is 11.0. The SMILES string of the molecule is CN=C(NCc1ccc(C)cc1OCCCOC)NCC(C)CN1CCN(C)CC1. The molecule has 1 aliphatic heterocycles. The summed E-state index contributed by atoms with van der Waals surface area (Å²) in [7, 11) is 5.73. The molecule has 0 spiro atoms. The van der Waals surface area contributed by atoms with Crippen molar-refractivity contribution in [1.82, 2.24) is 20.4 Å². The van der Waals surface area contributed by atoms with Crippen LogP contribution in [0.15, 0.2) is 23.2 Å². The van der Waals surface area contributed by atoms with Crippen molar-refractivity contribution in [3.05, 3.63) is 29.3 Å². The van der Waals surface area contributed by atoms with Gasteiger partial charge in [0.1, 0.15) is 5.75 Å². The summed E-state index contributed by atoms with van der Waals surface area (Å²) in [6, 6.07) is 6.34. The molecule has 2 rings (SSSR count). The Morgan fingerprint density at radius 2 is 1.93 bits per heavy atom. The highest BCUT2D eigenvalue weighted by atomic mass is 16.5. The van der Waals surface area contributed by atoms with Crippen molar-refractivity contribution in [2.75, 3.05) is 73.7 Å². The zero-order valence-corrected chi connectivity index (χ0v) is 19.5. The number of methoxy groups -OCH3 is 1. The number of aliphatic imine (C=N–C) groups is 1. The molecule has 1 unspecified atom stereocenters. The van der Waals surface area contributed by atoms with Gasteiger partial charge < -0.3 is 29.9 Å². The van der Waals surface area contributed by atoms with Gasteiger partial charge in [-0.1, -0.05) is 19.1 Å². The number of likely N-dealkylation sites (N-methyl/N-ethyl adjacent to an activating group) is 1. The zero-order chi connectivity index (χ0) is 21.8. The highest BCUT2D eigenvalue weighted by molar-refractivity contribution is 5.79. The second kappa shape index (κ2) is 13.5. The summed E-state index contributed by atoms with van der Waals surface area (Å²) in [6.07, 6.45) is 0.881. The maximum absolute atomic E-state index is 5.99. The summed E-state index contributed by atoms with van der Waals surface area (Å²) < 4.78 is 11.1. The lowest BCUT2D eigenvalue weighted by molar-refractivity contribution is 0.139. The van der Waals surface area contributed by atoms with Crippen molar-refractivity contribution >= 4 is 5.96 Å². The number of piperazine rings is 1. The Morgan fingerprint density at radius 3 is 2.63 bits per heavy atom. The van der Waals surface area contributed by atoms with Crippen LogP contribution in [0.1, 0.15) is 24.5 Å². The number of guanidine groups is 1. The number of nitrogens with one attached hydrogen (secondary N) is 2. The van der Waals surface area contributed by atoms with Crippen LogP contribution in [0.5, 0.6) is 5.75 Å². The molecule has 1 aromatic carbocycles. The molecule has 0 radical (unpaired) electrons. The lowest BCUT2D eigenvalue weighted by atomic mass is 10.1. The molecule has 2 N–H and O–H groups in total. The van der Waals surface area contributed by atoms with Crippen LogP contribution in [0, 0.1) is 12.8 Å². The zero-order valence-electron chi connectivity index (χ0n) is 19.5. The molecule has 0 aromatic heterocycles. The summed E-state index contributed by atoms with van der Waals surface area (Å²) in [4.78, 5) is 9.33. The molecule has 170 valence electrons. The van der Waals surface area contributed by atoms with E-state index in [4.69, 9.17) is 9.47 Å². The molecule has 30 heavy (non-hydrogen) atoms. The topological polar surface area (TPSA) is 61.4 Å². The third kappa shape index (κ3) is 8.90. The van der Waals surface area contributed by atoms with Gasteiger partial charge in [0.15, 0.2) is 5.96 Å². The van der Waals surface area contributed by atoms with E-state index in [0.717, 1.165) is 63.0 Å². The van der Waals surface area contributed by atoms with Gasteiger partial charge in [0.05, 0.1) is 6.61 Å². The number of aryl methyl sites for hydroxylation is 1. The van der Waals surface area contributed by atoms with Crippen molar-refractivity contribution in [1.29, 1.82) is 0 Å². The molecule has 0 aliphatic carbocycles. The molecule has 1 aromatic rings. The second-order valence-corrected chi connectivity index (χ2v) is 8.32. The molecular formula is C23H41N5O2. The van der Waals surface area contributed by atoms with Crippen LogP contribution in [-0.2, 0) is 11.3 Å². The van der Waals surface area contributed by atoms with Crippen LogP contribution in [0.3, 0.4) is 0 Å². The predicted molar refractivity (Wildman–Crippen MR) is 124 cm³/mol. The van der Waals surface area contributed by atoms with Gasteiger partial charge in [-0.05, 0) is 31.5 Å². The van der Waals surface area contributed by atoms with Crippen molar-refractivity contribution in [2.24, 2.45) is 10.9 Å². The third-order valence-electron chi connectivity index (χ3n) is 5.43. The van der Waals surface area contributed by atoms with Crippen LogP contribution < -0.4 is 15.4 Å². The quantitative estimate of drug-likeness (QED) is 0.325. The molecule has 1 saturated heterocycles. The van der Waals surface area contributed by atoms with Crippen LogP contribution in [0.4, 0.5) is 0 Å². The number of rotatable bonds is 11. The van der Waals surface area contributed by atoms with E-state index in [-0.39, 0.29) is 0 Å². The minimum absolute atomic E-state index is 0.561. The van der Waals surface area contributed by atoms with E-state index in [1.807, 2.05) is 7.05 Å². The molecule has 1 heterocycles. The van der Waals surface area contributed by atoms with Crippen molar-refractivity contribution in [2.45, 2.75) is 26.8 Å². The summed E-state index contributed by atoms with van der Waals surface area (Å²) in [5.74, 6) is 2.31. The summed E-state index contributed by atoms with van der Waals surface area (Å²) in [6.45, 7) is 13.1. The normalized spacial score (nSPS) is 17.0. The van der Waals surface area contributed by atoms with Gasteiger partial charge in [0.25, 0.3) is 0 Å². The fraction of sp³-hybridized carbons (Fsp3) is 0.696. The highest BCUT2D eigenvalue weighted by Crippen LogP contribution is 2.20. The van der Waals surface area contributed by atoms with Gasteiger partial charge >= 0.3 is 0 Å². The van der Waals surface area contributed by atoms with E-state index in [2.05, 4.69) is 64.5 Å². The van der Waals surface area contributed by atoms with E-state index in [9.17, 15) is 0 Å². The number of hydrogen-bond donors (Lipinski definition) is 2. The first kappa shape index (κ1) is 24.4. The van der Waals surface area contributed by atoms with Crippen molar-refractivity contribution < 1.29 is 9.47 Å². The van der Waals surface area contributed by atoms with E-state index >= 15 is 0 Å². The highest BCUT2D eigenvalue weighted by Gasteiger charge is 2.16. The van der Waals surface area contributed by atoms with E-state index in [0.29, 0.717) is 25.7 Å². The average Bonchev–Trinajstić information content (AvgIpc) is 2.74. The molecule has 1 atom stereocenters. The molecule has 1 aliphatic rings. The lowest BCUT2D eigenvalue weighted by Gasteiger charge is -2.34. The fourth-order valence-corrected chi connectivity index (χ4v) is 3.53. The van der Waals surface area contributed by atoms with Crippen LogP contribution in [0.2, 0.25) is 0 Å². The monoisotopic (exact) mass is 419 g/mol. The fourth-order valence-electron chi connectivity index (χ4n) is 3.53. The van der Waals surface area contributed by atoms with Gasteiger partial charge in [0.2, 0.25) is 0 Å². The number of benzene rings is 1. The molecule has 7 heteroatoms. The first-order valence-corrected chi connectivity index (χ1v) is 11.1. The van der Waals surface area contributed by atoms with Gasteiger partial charge in [-0.25, -0.2) is 0 Å². The summed E-state index contributed by atoms with van der Waals surface area (Å²) in [5.41, 5.74) is 2.33. The second-order valence-electron chi connectivity index (χ2n) is 8.32. The number of nitrogens with zero attached hydrogens (tertiary/aromatic N) is 3. The molecule has 0 bridgehead atoms. The van der Waals surface area contributed by atoms with Crippen LogP contribution in [-0.4, -0.2) is 89.4 Å². The van der Waals surface area contributed by atoms with Gasteiger partial charge in [-0.3, -0.25) is 4.99 Å². The first-order chi connectivity index (χ1) is 14.5. The van der Waals surface area contributed by atoms with Gasteiger partial charge in [-0.15, -0.1) is 0 Å². The maximum atomic E-state index is 5.99. The van der Waals surface area contributed by atoms with Gasteiger partial charge in [-0.2, -0.15) is 0 Å². The Hall–Kier alpha value is -1.83. The average molecular weight is 420 g/mol. The van der Waals surface area contributed by atoms with Gasteiger partial charge in [0, 0.05) is 78.6 Å². The van der Waals surface area contributed by atoms with E-state index < -0.39 is 0 Å². The number of ether oxygens (including phenoxy) is 2.